The van der Waals surface area contributed by atoms with Crippen molar-refractivity contribution in [3.8, 4) is 0 Å². The molecule has 1 saturated heterocycles. The number of amides is 2. The Morgan fingerprint density at radius 3 is 2.79 bits per heavy atom. The largest absolute Gasteiger partial charge is 0.390 e. The van der Waals surface area contributed by atoms with Crippen molar-refractivity contribution in [2.45, 2.75) is 31.7 Å². The number of likely N-dealkylation sites (tertiary alicyclic amines) is 1. The van der Waals surface area contributed by atoms with Crippen LogP contribution >= 0.6 is 0 Å². The van der Waals surface area contributed by atoms with E-state index in [1.807, 2.05) is 0 Å². The molecule has 1 aliphatic heterocycles. The number of rotatable bonds is 6. The van der Waals surface area contributed by atoms with E-state index in [-0.39, 0.29) is 18.7 Å². The van der Waals surface area contributed by atoms with Gasteiger partial charge in [0.25, 0.3) is 5.92 Å². The van der Waals surface area contributed by atoms with E-state index in [1.54, 1.807) is 35.8 Å². The Morgan fingerprint density at radius 2 is 2.25 bits per heavy atom. The van der Waals surface area contributed by atoms with E-state index < -0.39 is 36.9 Å². The first-order valence-corrected chi connectivity index (χ1v) is 7.83. The minimum Gasteiger partial charge on any atom is -0.390 e. The lowest BCUT2D eigenvalue weighted by molar-refractivity contribution is -0.144. The van der Waals surface area contributed by atoms with Crippen LogP contribution in [-0.4, -0.2) is 57.0 Å². The normalized spacial score (nSPS) is 21.9. The predicted octanol–water partition coefficient (Wildman–Crippen LogP) is 0.463. The smallest absolute Gasteiger partial charge is 0.287 e. The molecule has 7 nitrogen and oxygen atoms in total. The van der Waals surface area contributed by atoms with Crippen molar-refractivity contribution in [3.05, 3.63) is 18.2 Å². The Bertz CT molecular complexity index is 605. The Labute approximate surface area is 138 Å². The summed E-state index contributed by atoms with van der Waals surface area (Å²) in [5, 5.41) is 10.8. The Hall–Kier alpha value is -2.03. The molecule has 2 rings (SSSR count). The molecule has 1 aromatic rings. The fourth-order valence-electron chi connectivity index (χ4n) is 2.99. The molecule has 2 atom stereocenters. The van der Waals surface area contributed by atoms with Crippen molar-refractivity contribution in [2.75, 3.05) is 19.7 Å². The van der Waals surface area contributed by atoms with Crippen molar-refractivity contribution in [1.82, 2.24) is 19.8 Å². The molecule has 2 heterocycles. The van der Waals surface area contributed by atoms with Crippen LogP contribution in [0.25, 0.3) is 0 Å². The molecule has 0 bridgehead atoms. The van der Waals surface area contributed by atoms with Gasteiger partial charge in [-0.1, -0.05) is 0 Å². The molecule has 1 aromatic heterocycles. The van der Waals surface area contributed by atoms with Crippen LogP contribution < -0.4 is 5.32 Å². The second-order valence-corrected chi connectivity index (χ2v) is 5.90. The molecule has 1 aliphatic rings. The average Bonchev–Trinajstić information content (AvgIpc) is 2.98. The third-order valence-corrected chi connectivity index (χ3v) is 4.26. The minimum atomic E-state index is -3.37. The second kappa shape index (κ2) is 7.25. The summed E-state index contributed by atoms with van der Waals surface area (Å²) in [6.07, 6.45) is 3.72. The average molecular weight is 344 g/mol. The molecule has 0 aromatic carbocycles. The fourth-order valence-corrected chi connectivity index (χ4v) is 2.99. The van der Waals surface area contributed by atoms with Crippen LogP contribution in [0.4, 0.5) is 8.78 Å². The molecule has 9 heteroatoms. The van der Waals surface area contributed by atoms with Crippen LogP contribution in [0.15, 0.2) is 12.4 Å². The summed E-state index contributed by atoms with van der Waals surface area (Å²) in [7, 11) is 1.75. The van der Waals surface area contributed by atoms with E-state index in [0.717, 1.165) is 0 Å². The number of nitrogens with zero attached hydrogens (tertiary/aromatic N) is 3. The van der Waals surface area contributed by atoms with Crippen molar-refractivity contribution in [2.24, 2.45) is 13.0 Å². The van der Waals surface area contributed by atoms with E-state index in [4.69, 9.17) is 5.11 Å². The zero-order chi connectivity index (χ0) is 17.9. The topological polar surface area (TPSA) is 87.5 Å². The van der Waals surface area contributed by atoms with Gasteiger partial charge in [0, 0.05) is 32.4 Å². The molecule has 0 spiro atoms. The summed E-state index contributed by atoms with van der Waals surface area (Å²) >= 11 is 0. The standard InChI is InChI=1S/C15H22F2N4O3/c1-3-21-11(23)5-4-10(12(21)13-18-6-7-20(13)2)14(24)19-8-15(16,17)9-22/h6-7,10,12,22H,3-5,8-9H2,1-2H3,(H,19,24). The van der Waals surface area contributed by atoms with Gasteiger partial charge in [0.05, 0.1) is 12.5 Å². The quantitative estimate of drug-likeness (QED) is 0.785. The molecule has 2 N–H and O–H groups in total. The Morgan fingerprint density at radius 1 is 1.54 bits per heavy atom. The number of carbonyl (C=O) groups excluding carboxylic acids is 2. The maximum Gasteiger partial charge on any atom is 0.287 e. The maximum atomic E-state index is 13.2. The molecule has 134 valence electrons. The van der Waals surface area contributed by atoms with Crippen LogP contribution in [0.2, 0.25) is 0 Å². The zero-order valence-corrected chi connectivity index (χ0v) is 13.7. The molecular formula is C15H22F2N4O3. The summed E-state index contributed by atoms with van der Waals surface area (Å²) in [4.78, 5) is 30.4. The monoisotopic (exact) mass is 344 g/mol. The van der Waals surface area contributed by atoms with Gasteiger partial charge in [0.2, 0.25) is 11.8 Å². The third-order valence-electron chi connectivity index (χ3n) is 4.26. The second-order valence-electron chi connectivity index (χ2n) is 5.90. The number of piperidine rings is 1. The van der Waals surface area contributed by atoms with Crippen LogP contribution in [0.3, 0.4) is 0 Å². The van der Waals surface area contributed by atoms with E-state index >= 15 is 0 Å². The molecule has 2 unspecified atom stereocenters. The minimum absolute atomic E-state index is 0.0877. The fraction of sp³-hybridized carbons (Fsp3) is 0.667. The molecule has 2 amide bonds. The Kier molecular flexibility index (Phi) is 5.53. The van der Waals surface area contributed by atoms with Crippen LogP contribution in [0.1, 0.15) is 31.6 Å². The first-order chi connectivity index (χ1) is 11.3. The summed E-state index contributed by atoms with van der Waals surface area (Å²) in [6, 6.07) is -0.598. The van der Waals surface area contributed by atoms with Crippen molar-refractivity contribution in [1.29, 1.82) is 0 Å². The molecule has 0 aliphatic carbocycles. The highest BCUT2D eigenvalue weighted by Crippen LogP contribution is 2.35. The molecule has 24 heavy (non-hydrogen) atoms. The van der Waals surface area contributed by atoms with Gasteiger partial charge < -0.3 is 19.9 Å². The van der Waals surface area contributed by atoms with Crippen molar-refractivity contribution >= 4 is 11.8 Å². The number of aliphatic hydroxyl groups is 1. The lowest BCUT2D eigenvalue weighted by atomic mass is 9.87. The zero-order valence-electron chi connectivity index (χ0n) is 13.7. The number of hydrogen-bond donors (Lipinski definition) is 2. The number of carbonyl (C=O) groups is 2. The van der Waals surface area contributed by atoms with E-state index in [2.05, 4.69) is 10.3 Å². The van der Waals surface area contributed by atoms with Crippen LogP contribution in [0, 0.1) is 5.92 Å². The van der Waals surface area contributed by atoms with Crippen LogP contribution in [0.5, 0.6) is 0 Å². The van der Waals surface area contributed by atoms with E-state index in [1.165, 1.54) is 0 Å². The maximum absolute atomic E-state index is 13.2. The summed E-state index contributed by atoms with van der Waals surface area (Å²) in [5.74, 6) is -4.15. The van der Waals surface area contributed by atoms with Gasteiger partial charge in [-0.05, 0) is 13.3 Å². The molecule has 0 saturated carbocycles. The molecule has 1 fully saturated rings. The predicted molar refractivity (Wildman–Crippen MR) is 81.1 cm³/mol. The van der Waals surface area contributed by atoms with Gasteiger partial charge >= 0.3 is 0 Å². The highest BCUT2D eigenvalue weighted by molar-refractivity contribution is 5.84. The summed E-state index contributed by atoms with van der Waals surface area (Å²) in [5.41, 5.74) is 0. The number of aromatic nitrogens is 2. The summed E-state index contributed by atoms with van der Waals surface area (Å²) in [6.45, 7) is -0.0759. The van der Waals surface area contributed by atoms with Gasteiger partial charge in [0.15, 0.2) is 0 Å². The number of alkyl halides is 2. The van der Waals surface area contributed by atoms with Gasteiger partial charge in [-0.25, -0.2) is 13.8 Å². The van der Waals surface area contributed by atoms with Crippen molar-refractivity contribution < 1.29 is 23.5 Å². The number of nitrogens with one attached hydrogen (secondary N) is 1. The number of aryl methyl sites for hydroxylation is 1. The van der Waals surface area contributed by atoms with Gasteiger partial charge in [-0.2, -0.15) is 0 Å². The van der Waals surface area contributed by atoms with Gasteiger partial charge in [-0.15, -0.1) is 0 Å². The third kappa shape index (κ3) is 3.72. The number of imidazole rings is 1. The van der Waals surface area contributed by atoms with Gasteiger partial charge in [0.1, 0.15) is 18.5 Å². The summed E-state index contributed by atoms with van der Waals surface area (Å²) < 4.78 is 28.1. The highest BCUT2D eigenvalue weighted by atomic mass is 19.3. The first kappa shape index (κ1) is 18.3. The number of hydrogen-bond acceptors (Lipinski definition) is 4. The van der Waals surface area contributed by atoms with Gasteiger partial charge in [-0.3, -0.25) is 9.59 Å². The Balaban J connectivity index is 2.24. The number of aliphatic hydroxyl groups excluding tert-OH is 1. The first-order valence-electron chi connectivity index (χ1n) is 7.83. The van der Waals surface area contributed by atoms with E-state index in [9.17, 15) is 18.4 Å². The highest BCUT2D eigenvalue weighted by Gasteiger charge is 2.42. The van der Waals surface area contributed by atoms with E-state index in [0.29, 0.717) is 12.4 Å². The lowest BCUT2D eigenvalue weighted by Crippen LogP contribution is -2.50. The molecular weight excluding hydrogens is 322 g/mol. The van der Waals surface area contributed by atoms with Crippen molar-refractivity contribution in [3.63, 3.8) is 0 Å². The lowest BCUT2D eigenvalue weighted by Gasteiger charge is -2.39. The molecule has 0 radical (unpaired) electrons. The SMILES string of the molecule is CCN1C(=O)CCC(C(=O)NCC(F)(F)CO)C1c1nccn1C. The number of halogens is 2. The van der Waals surface area contributed by atoms with Crippen LogP contribution in [-0.2, 0) is 16.6 Å².